The van der Waals surface area contributed by atoms with E-state index in [1.165, 1.54) is 0 Å². The maximum Gasteiger partial charge on any atom is 0.252 e. The lowest BCUT2D eigenvalue weighted by Gasteiger charge is -2.52. The third-order valence-corrected chi connectivity index (χ3v) is 7.56. The highest BCUT2D eigenvalue weighted by molar-refractivity contribution is 6.09. The van der Waals surface area contributed by atoms with Crippen molar-refractivity contribution in [1.29, 1.82) is 0 Å². The van der Waals surface area contributed by atoms with E-state index in [0.717, 1.165) is 66.2 Å². The molecule has 6 rings (SSSR count). The molecule has 0 atom stereocenters. The Morgan fingerprint density at radius 3 is 2.16 bits per heavy atom. The third-order valence-electron chi connectivity index (χ3n) is 7.56. The molecule has 5 heteroatoms. The van der Waals surface area contributed by atoms with Crippen LogP contribution >= 0.6 is 0 Å². The number of pyridine rings is 1. The highest BCUT2D eigenvalue weighted by atomic mass is 16.2. The number of amides is 2. The minimum Gasteiger partial charge on any atom is -0.369 e. The summed E-state index contributed by atoms with van der Waals surface area (Å²) in [6.45, 7) is 1.98. The minimum absolute atomic E-state index is 0.0539. The fourth-order valence-corrected chi connectivity index (χ4v) is 5.52. The van der Waals surface area contributed by atoms with Crippen LogP contribution in [-0.4, -0.2) is 22.3 Å². The summed E-state index contributed by atoms with van der Waals surface area (Å²) in [6, 6.07) is 17.8. The van der Waals surface area contributed by atoms with Crippen LogP contribution in [0.4, 0.5) is 0 Å². The zero-order valence-electron chi connectivity index (χ0n) is 17.8. The summed E-state index contributed by atoms with van der Waals surface area (Å²) in [7, 11) is 0. The summed E-state index contributed by atoms with van der Waals surface area (Å²) < 4.78 is 0. The minimum atomic E-state index is -0.369. The maximum atomic E-state index is 13.7. The molecule has 0 unspecified atom stereocenters. The van der Waals surface area contributed by atoms with Crippen LogP contribution in [0.1, 0.15) is 54.4 Å². The summed E-state index contributed by atoms with van der Waals surface area (Å²) in [5, 5.41) is 4.25. The van der Waals surface area contributed by atoms with Gasteiger partial charge in [-0.15, -0.1) is 0 Å². The average Bonchev–Trinajstić information content (AvgIpc) is 2.80. The number of aromatic nitrogens is 1. The van der Waals surface area contributed by atoms with Crippen LogP contribution in [0.3, 0.4) is 0 Å². The van der Waals surface area contributed by atoms with E-state index in [4.69, 9.17) is 10.7 Å². The van der Waals surface area contributed by atoms with Gasteiger partial charge in [-0.05, 0) is 57.1 Å². The number of primary amides is 1. The lowest BCUT2D eigenvalue weighted by Crippen LogP contribution is -2.59. The van der Waals surface area contributed by atoms with Gasteiger partial charge in [-0.25, -0.2) is 4.98 Å². The zero-order chi connectivity index (χ0) is 21.6. The lowest BCUT2D eigenvalue weighted by molar-refractivity contribution is -0.134. The molecular formula is C26H27N3O2. The first kappa shape index (κ1) is 19.7. The smallest absolute Gasteiger partial charge is 0.252 e. The number of para-hydroxylation sites is 1. The Bertz CT molecular complexity index is 1160. The number of nitrogens with zero attached hydrogens (tertiary/aromatic N) is 1. The molecule has 2 aromatic carbocycles. The second kappa shape index (κ2) is 7.19. The molecule has 3 aliphatic rings. The van der Waals surface area contributed by atoms with Crippen LogP contribution < -0.4 is 11.1 Å². The van der Waals surface area contributed by atoms with Gasteiger partial charge in [0.2, 0.25) is 5.91 Å². The molecule has 0 saturated heterocycles. The van der Waals surface area contributed by atoms with Gasteiger partial charge in [-0.1, -0.05) is 48.5 Å². The second-order valence-electron chi connectivity index (χ2n) is 9.22. The van der Waals surface area contributed by atoms with Gasteiger partial charge in [0.05, 0.1) is 16.8 Å². The summed E-state index contributed by atoms with van der Waals surface area (Å²) in [5.41, 5.74) is 9.30. The number of nitrogens with one attached hydrogen (secondary N) is 1. The zero-order valence-corrected chi connectivity index (χ0v) is 17.8. The summed E-state index contributed by atoms with van der Waals surface area (Å²) >= 11 is 0. The van der Waals surface area contributed by atoms with Crippen molar-refractivity contribution < 1.29 is 9.59 Å². The van der Waals surface area contributed by atoms with Crippen LogP contribution in [-0.2, 0) is 4.79 Å². The van der Waals surface area contributed by atoms with E-state index in [-0.39, 0.29) is 22.8 Å². The number of hydrogen-bond donors (Lipinski definition) is 2. The molecule has 3 aromatic rings. The number of carbonyl (C=O) groups is 2. The van der Waals surface area contributed by atoms with E-state index in [9.17, 15) is 9.59 Å². The summed E-state index contributed by atoms with van der Waals surface area (Å²) in [5.74, 6) is -0.239. The van der Waals surface area contributed by atoms with E-state index in [1.54, 1.807) is 0 Å². The van der Waals surface area contributed by atoms with E-state index < -0.39 is 0 Å². The normalized spacial score (nSPS) is 24.8. The van der Waals surface area contributed by atoms with Crippen LogP contribution in [0.2, 0.25) is 0 Å². The average molecular weight is 414 g/mol. The fraction of sp³-hybridized carbons (Fsp3) is 0.346. The van der Waals surface area contributed by atoms with Crippen molar-refractivity contribution in [3.05, 3.63) is 65.7 Å². The molecule has 0 spiro atoms. The van der Waals surface area contributed by atoms with E-state index in [0.29, 0.717) is 5.56 Å². The first-order valence-corrected chi connectivity index (χ1v) is 11.0. The number of hydrogen-bond acceptors (Lipinski definition) is 3. The Balaban J connectivity index is 1.54. The number of fused-ring (bicyclic) bond motifs is 4. The molecule has 1 aromatic heterocycles. The number of rotatable bonds is 4. The van der Waals surface area contributed by atoms with E-state index >= 15 is 0 Å². The van der Waals surface area contributed by atoms with Gasteiger partial charge in [-0.2, -0.15) is 0 Å². The van der Waals surface area contributed by atoms with Crippen molar-refractivity contribution in [2.45, 2.75) is 51.0 Å². The van der Waals surface area contributed by atoms with Crippen molar-refractivity contribution in [2.75, 3.05) is 0 Å². The monoisotopic (exact) mass is 413 g/mol. The van der Waals surface area contributed by atoms with Gasteiger partial charge in [-0.3, -0.25) is 9.59 Å². The Hall–Kier alpha value is -3.21. The van der Waals surface area contributed by atoms with Gasteiger partial charge >= 0.3 is 0 Å². The van der Waals surface area contributed by atoms with Gasteiger partial charge in [0.1, 0.15) is 0 Å². The lowest BCUT2D eigenvalue weighted by atomic mass is 9.57. The number of benzene rings is 2. The molecule has 5 nitrogen and oxygen atoms in total. The van der Waals surface area contributed by atoms with Crippen molar-refractivity contribution in [3.63, 3.8) is 0 Å². The van der Waals surface area contributed by atoms with Crippen molar-refractivity contribution in [1.82, 2.24) is 10.3 Å². The highest BCUT2D eigenvalue weighted by Crippen LogP contribution is 2.52. The fourth-order valence-electron chi connectivity index (χ4n) is 5.52. The van der Waals surface area contributed by atoms with Gasteiger partial charge in [0.25, 0.3) is 5.91 Å². The van der Waals surface area contributed by atoms with Crippen LogP contribution in [0.15, 0.2) is 54.6 Å². The maximum absolute atomic E-state index is 13.7. The van der Waals surface area contributed by atoms with Crippen molar-refractivity contribution in [2.24, 2.45) is 11.1 Å². The topological polar surface area (TPSA) is 85.1 Å². The molecule has 2 bridgehead atoms. The van der Waals surface area contributed by atoms with Crippen LogP contribution in [0.5, 0.6) is 0 Å². The Morgan fingerprint density at radius 1 is 0.903 bits per heavy atom. The molecule has 2 amide bonds. The molecular weight excluding hydrogens is 386 g/mol. The van der Waals surface area contributed by atoms with E-state index in [2.05, 4.69) is 5.32 Å². The summed E-state index contributed by atoms with van der Waals surface area (Å²) in [6.07, 6.45) is 4.68. The number of carbonyl (C=O) groups excluding carboxylic acids is 2. The third kappa shape index (κ3) is 3.19. The number of nitrogens with two attached hydrogens (primary N) is 1. The Morgan fingerprint density at radius 2 is 1.52 bits per heavy atom. The molecule has 0 radical (unpaired) electrons. The Labute approximate surface area is 182 Å². The van der Waals surface area contributed by atoms with Crippen LogP contribution in [0.25, 0.3) is 22.2 Å². The molecule has 3 aliphatic carbocycles. The predicted octanol–water partition coefficient (Wildman–Crippen LogP) is 4.52. The molecule has 3 fully saturated rings. The summed E-state index contributed by atoms with van der Waals surface area (Å²) in [4.78, 5) is 30.5. The second-order valence-corrected chi connectivity index (χ2v) is 9.22. The largest absolute Gasteiger partial charge is 0.369 e. The van der Waals surface area contributed by atoms with E-state index in [1.807, 2.05) is 61.5 Å². The molecule has 31 heavy (non-hydrogen) atoms. The van der Waals surface area contributed by atoms with Gasteiger partial charge in [0, 0.05) is 21.9 Å². The quantitative estimate of drug-likeness (QED) is 0.659. The molecule has 3 N–H and O–H groups in total. The predicted molar refractivity (Wildman–Crippen MR) is 121 cm³/mol. The van der Waals surface area contributed by atoms with Crippen LogP contribution in [0, 0.1) is 12.3 Å². The molecule has 3 saturated carbocycles. The molecule has 1 heterocycles. The van der Waals surface area contributed by atoms with Gasteiger partial charge < -0.3 is 11.1 Å². The van der Waals surface area contributed by atoms with Crippen molar-refractivity contribution >= 4 is 22.7 Å². The highest BCUT2D eigenvalue weighted by Gasteiger charge is 2.52. The molecule has 158 valence electrons. The first-order chi connectivity index (χ1) is 14.9. The first-order valence-electron chi connectivity index (χ1n) is 11.0. The molecule has 0 aliphatic heterocycles. The van der Waals surface area contributed by atoms with Gasteiger partial charge in [0.15, 0.2) is 0 Å². The standard InChI is InChI=1S/C26H27N3O2/c1-17-21(23(30)29-26-14-11-25(12-15-26,13-16-26)24(27)31)19-9-5-6-10-20(19)28-22(17)18-7-3-2-4-8-18/h2-10H,11-16H2,1H3,(H2,27,31)(H,29,30). The Kier molecular flexibility index (Phi) is 4.58. The van der Waals surface area contributed by atoms with Crippen molar-refractivity contribution in [3.8, 4) is 11.3 Å². The SMILES string of the molecule is Cc1c(-c2ccccc2)nc2ccccc2c1C(=O)NC12CCC(C(N)=O)(CC1)CC2.